The average Bonchev–Trinajstić information content (AvgIpc) is 2.62. The number of nitrogens with two attached hydrogens (primary N) is 2. The van der Waals surface area contributed by atoms with Gasteiger partial charge < -0.3 is 26.0 Å². The highest BCUT2D eigenvalue weighted by Crippen LogP contribution is 2.33. The molecule has 0 bridgehead atoms. The topological polar surface area (TPSA) is 90.7 Å². The first-order valence-electron chi connectivity index (χ1n) is 10.0. The van der Waals surface area contributed by atoms with E-state index in [-0.39, 0.29) is 12.9 Å². The molecule has 0 atom stereocenters. The van der Waals surface area contributed by atoms with Crippen LogP contribution in [0.15, 0.2) is 42.5 Å². The third kappa shape index (κ3) is 7.69. The van der Waals surface area contributed by atoms with Gasteiger partial charge >= 0.3 is 0 Å². The number of nitrogen functional groups attached to an aromatic ring is 2. The summed E-state index contributed by atoms with van der Waals surface area (Å²) in [5, 5.41) is 9.59. The van der Waals surface area contributed by atoms with E-state index in [9.17, 15) is 5.11 Å². The number of benzene rings is 2. The molecule has 0 aromatic heterocycles. The number of anilines is 2. The van der Waals surface area contributed by atoms with E-state index in [1.54, 1.807) is 18.2 Å². The predicted octanol–water partition coefficient (Wildman–Crippen LogP) is 4.95. The maximum Gasteiger partial charge on any atom is 0.230 e. The van der Waals surface area contributed by atoms with Crippen molar-refractivity contribution in [3.8, 4) is 11.5 Å². The first-order chi connectivity index (χ1) is 13.3. The fourth-order valence-electron chi connectivity index (χ4n) is 3.14. The van der Waals surface area contributed by atoms with Crippen LogP contribution in [0.2, 0.25) is 0 Å². The summed E-state index contributed by atoms with van der Waals surface area (Å²) in [5.41, 5.74) is 13.9. The highest BCUT2D eigenvalue weighted by molar-refractivity contribution is 5.56. The molecule has 154 valence electrons. The summed E-state index contributed by atoms with van der Waals surface area (Å²) in [6, 6.07) is 13.2. The largest absolute Gasteiger partial charge is 0.458 e. The fraction of sp³-hybridized carbons (Fsp3) is 0.478. The first-order valence-corrected chi connectivity index (χ1v) is 10.0. The molecule has 0 radical (unpaired) electrons. The lowest BCUT2D eigenvalue weighted by molar-refractivity contribution is 0.119. The van der Waals surface area contributed by atoms with Crippen molar-refractivity contribution < 1.29 is 14.6 Å². The summed E-state index contributed by atoms with van der Waals surface area (Å²) >= 11 is 0. The van der Waals surface area contributed by atoms with Crippen LogP contribution in [-0.2, 0) is 0 Å². The second-order valence-electron chi connectivity index (χ2n) is 8.05. The third-order valence-corrected chi connectivity index (χ3v) is 4.45. The third-order valence-electron chi connectivity index (χ3n) is 4.45. The Bertz CT molecular complexity index is 685. The van der Waals surface area contributed by atoms with Crippen molar-refractivity contribution >= 4 is 11.4 Å². The Labute approximate surface area is 168 Å². The lowest BCUT2D eigenvalue weighted by Gasteiger charge is -2.25. The molecule has 2 aromatic rings. The molecule has 1 aliphatic rings. The monoisotopic (exact) mass is 386 g/mol. The van der Waals surface area contributed by atoms with E-state index in [1.807, 2.05) is 12.1 Å². The van der Waals surface area contributed by atoms with Crippen LogP contribution in [0.4, 0.5) is 11.4 Å². The second kappa shape index (κ2) is 10.8. The zero-order valence-electron chi connectivity index (χ0n) is 17.2. The molecule has 3 rings (SSSR count). The molecule has 0 saturated heterocycles. The number of aliphatic hydroxyl groups excluding tert-OH is 1. The van der Waals surface area contributed by atoms with Gasteiger partial charge in [-0.2, -0.15) is 0 Å². The van der Waals surface area contributed by atoms with E-state index in [0.717, 1.165) is 37.4 Å². The molecule has 5 heteroatoms. The molecule has 5 nitrogen and oxygen atoms in total. The van der Waals surface area contributed by atoms with E-state index in [4.69, 9.17) is 20.9 Å². The van der Waals surface area contributed by atoms with Crippen LogP contribution in [-0.4, -0.2) is 18.0 Å². The van der Waals surface area contributed by atoms with E-state index in [2.05, 4.69) is 32.9 Å². The van der Waals surface area contributed by atoms with Crippen LogP contribution in [0.5, 0.6) is 11.5 Å². The molecule has 1 aliphatic carbocycles. The molecule has 2 aromatic carbocycles. The summed E-state index contributed by atoms with van der Waals surface area (Å²) in [6.45, 7) is 6.60. The number of hydrogen-bond acceptors (Lipinski definition) is 5. The molecule has 5 N–H and O–H groups in total. The maximum absolute atomic E-state index is 9.59. The summed E-state index contributed by atoms with van der Waals surface area (Å²) in [7, 11) is 0. The van der Waals surface area contributed by atoms with Gasteiger partial charge in [0.1, 0.15) is 11.5 Å². The fourth-order valence-corrected chi connectivity index (χ4v) is 3.14. The van der Waals surface area contributed by atoms with Gasteiger partial charge in [-0.1, -0.05) is 32.9 Å². The zero-order valence-corrected chi connectivity index (χ0v) is 17.2. The Hall–Kier alpha value is -2.40. The van der Waals surface area contributed by atoms with Crippen LogP contribution >= 0.6 is 0 Å². The summed E-state index contributed by atoms with van der Waals surface area (Å²) < 4.78 is 11.1. The van der Waals surface area contributed by atoms with Crippen molar-refractivity contribution in [3.05, 3.63) is 48.0 Å². The molecule has 0 amide bonds. The van der Waals surface area contributed by atoms with Crippen LogP contribution in [0.25, 0.3) is 0 Å². The zero-order chi connectivity index (χ0) is 20.5. The Kier molecular flexibility index (Phi) is 8.45. The van der Waals surface area contributed by atoms with Crippen molar-refractivity contribution in [1.82, 2.24) is 0 Å². The number of aliphatic hydroxyl groups is 1. The van der Waals surface area contributed by atoms with Crippen molar-refractivity contribution in [3.63, 3.8) is 0 Å². The standard InChI is InChI=1S/C19H24N2O3.C4H10/c20-15-9-16(21)11-19(10-15)24-12-23-18-7-3-14(4-8-18)13-1-5-17(22)6-2-13;1-4(2)3/h3-4,7-11,13,17,22H,1-2,5-6,12,20-21H2;4H,1-3H3. The van der Waals surface area contributed by atoms with Gasteiger partial charge in [-0.15, -0.1) is 0 Å². The summed E-state index contributed by atoms with van der Waals surface area (Å²) in [5.74, 6) is 2.71. The Balaban J connectivity index is 0.000000640. The molecule has 0 aliphatic heterocycles. The van der Waals surface area contributed by atoms with Crippen LogP contribution in [0.3, 0.4) is 0 Å². The number of hydrogen-bond donors (Lipinski definition) is 3. The number of ether oxygens (including phenoxy) is 2. The van der Waals surface area contributed by atoms with Crippen LogP contribution in [0, 0.1) is 5.92 Å². The second-order valence-corrected chi connectivity index (χ2v) is 8.05. The summed E-state index contributed by atoms with van der Waals surface area (Å²) in [4.78, 5) is 0. The van der Waals surface area contributed by atoms with Crippen molar-refractivity contribution in [2.75, 3.05) is 18.3 Å². The van der Waals surface area contributed by atoms with E-state index in [1.165, 1.54) is 5.56 Å². The number of rotatable bonds is 5. The van der Waals surface area contributed by atoms with Crippen LogP contribution < -0.4 is 20.9 Å². The first kappa shape index (κ1) is 21.9. The van der Waals surface area contributed by atoms with E-state index >= 15 is 0 Å². The Morgan fingerprint density at radius 1 is 0.857 bits per heavy atom. The quantitative estimate of drug-likeness (QED) is 0.500. The average molecular weight is 387 g/mol. The van der Waals surface area contributed by atoms with E-state index in [0.29, 0.717) is 23.0 Å². The van der Waals surface area contributed by atoms with Gasteiger partial charge in [0.2, 0.25) is 6.79 Å². The SMILES string of the molecule is CC(C)C.Nc1cc(N)cc(OCOc2ccc(C3CCC(O)CC3)cc2)c1. The van der Waals surface area contributed by atoms with Crippen molar-refractivity contribution in [1.29, 1.82) is 0 Å². The van der Waals surface area contributed by atoms with E-state index < -0.39 is 0 Å². The maximum atomic E-state index is 9.59. The van der Waals surface area contributed by atoms with Gasteiger partial charge in [-0.25, -0.2) is 0 Å². The lowest BCUT2D eigenvalue weighted by atomic mass is 9.83. The lowest BCUT2D eigenvalue weighted by Crippen LogP contribution is -2.16. The molecular weight excluding hydrogens is 352 g/mol. The van der Waals surface area contributed by atoms with Gasteiger partial charge in [0, 0.05) is 23.5 Å². The minimum atomic E-state index is -0.123. The Morgan fingerprint density at radius 3 is 1.89 bits per heavy atom. The Morgan fingerprint density at radius 2 is 1.36 bits per heavy atom. The molecule has 0 spiro atoms. The molecule has 1 fully saturated rings. The molecule has 0 unspecified atom stereocenters. The van der Waals surface area contributed by atoms with Gasteiger partial charge in [-0.05, 0) is 61.3 Å². The molecular formula is C23H34N2O3. The molecule has 28 heavy (non-hydrogen) atoms. The summed E-state index contributed by atoms with van der Waals surface area (Å²) in [6.07, 6.45) is 3.74. The normalized spacial score (nSPS) is 18.9. The van der Waals surface area contributed by atoms with Crippen molar-refractivity contribution in [2.45, 2.75) is 58.5 Å². The minimum absolute atomic E-state index is 0.0951. The molecule has 0 heterocycles. The van der Waals surface area contributed by atoms with Gasteiger partial charge in [0.15, 0.2) is 0 Å². The highest BCUT2D eigenvalue weighted by atomic mass is 16.7. The highest BCUT2D eigenvalue weighted by Gasteiger charge is 2.20. The molecule has 1 saturated carbocycles. The van der Waals surface area contributed by atoms with Gasteiger partial charge in [0.25, 0.3) is 0 Å². The van der Waals surface area contributed by atoms with Crippen molar-refractivity contribution in [2.24, 2.45) is 5.92 Å². The van der Waals surface area contributed by atoms with Gasteiger partial charge in [-0.3, -0.25) is 0 Å². The minimum Gasteiger partial charge on any atom is -0.458 e. The van der Waals surface area contributed by atoms with Crippen LogP contribution in [0.1, 0.15) is 57.9 Å². The predicted molar refractivity (Wildman–Crippen MR) is 116 cm³/mol. The van der Waals surface area contributed by atoms with Gasteiger partial charge in [0.05, 0.1) is 6.10 Å². The smallest absolute Gasteiger partial charge is 0.230 e.